The molecule has 3 atom stereocenters. The van der Waals surface area contributed by atoms with Crippen molar-refractivity contribution in [1.29, 1.82) is 0 Å². The zero-order valence-corrected chi connectivity index (χ0v) is 10.0. The second kappa shape index (κ2) is 4.41. The summed E-state index contributed by atoms with van der Waals surface area (Å²) in [7, 11) is 0. The van der Waals surface area contributed by atoms with E-state index in [-0.39, 0.29) is 0 Å². The lowest BCUT2D eigenvalue weighted by atomic mass is 10.2. The Balaban J connectivity index is 2.67. The summed E-state index contributed by atoms with van der Waals surface area (Å²) >= 11 is 6.28. The van der Waals surface area contributed by atoms with Gasteiger partial charge in [-0.15, -0.1) is 0 Å². The summed E-state index contributed by atoms with van der Waals surface area (Å²) in [5.74, 6) is -0.811. The molecule has 0 bridgehead atoms. The fraction of sp³-hybridized carbons (Fsp3) is 0.714. The number of ether oxygens (including phenoxy) is 2. The van der Waals surface area contributed by atoms with Gasteiger partial charge in [0.2, 0.25) is 0 Å². The number of carbonyl (C=O) groups excluding carboxylic acids is 2. The average Bonchev–Trinajstić information content (AvgIpc) is 2.31. The van der Waals surface area contributed by atoms with E-state index in [0.29, 0.717) is 5.33 Å². The fourth-order valence-corrected chi connectivity index (χ4v) is 2.11. The maximum atomic E-state index is 11.1. The number of rotatable bonds is 2. The van der Waals surface area contributed by atoms with E-state index < -0.39 is 29.0 Å². The number of esters is 2. The molecule has 0 spiro atoms. The molecule has 1 rings (SSSR count). The van der Waals surface area contributed by atoms with Gasteiger partial charge >= 0.3 is 11.9 Å². The van der Waals surface area contributed by atoms with Gasteiger partial charge in [-0.1, -0.05) is 31.9 Å². The van der Waals surface area contributed by atoms with Crippen molar-refractivity contribution in [3.05, 3.63) is 0 Å². The Morgan fingerprint density at radius 3 is 2.77 bits per heavy atom. The molecule has 1 fully saturated rings. The quantitative estimate of drug-likeness (QED) is 0.563. The van der Waals surface area contributed by atoms with Gasteiger partial charge in [0, 0.05) is 12.3 Å². The third-order valence-corrected chi connectivity index (χ3v) is 3.13. The minimum atomic E-state index is -0.557. The number of alkyl halides is 2. The van der Waals surface area contributed by atoms with Gasteiger partial charge in [0.1, 0.15) is 6.10 Å². The first-order valence-electron chi connectivity index (χ1n) is 3.64. The standard InChI is InChI=1S/C7H8Br2O4/c1-3(10)12-6-4(2-8)13-7(11)5(6)9/h4-6H,2H2,1H3. The van der Waals surface area contributed by atoms with Gasteiger partial charge in [0.25, 0.3) is 0 Å². The molecule has 3 unspecified atom stereocenters. The van der Waals surface area contributed by atoms with E-state index in [2.05, 4.69) is 31.9 Å². The van der Waals surface area contributed by atoms with Crippen LogP contribution in [0.15, 0.2) is 0 Å². The number of halogens is 2. The molecule has 0 aliphatic carbocycles. The van der Waals surface area contributed by atoms with Crippen molar-refractivity contribution >= 4 is 43.8 Å². The van der Waals surface area contributed by atoms with Crippen LogP contribution >= 0.6 is 31.9 Å². The molecule has 0 radical (unpaired) electrons. The van der Waals surface area contributed by atoms with E-state index in [1.54, 1.807) is 0 Å². The van der Waals surface area contributed by atoms with Gasteiger partial charge in [-0.2, -0.15) is 0 Å². The molecule has 4 nitrogen and oxygen atoms in total. The largest absolute Gasteiger partial charge is 0.457 e. The highest BCUT2D eigenvalue weighted by molar-refractivity contribution is 9.10. The third-order valence-electron chi connectivity index (χ3n) is 1.60. The second-order valence-corrected chi connectivity index (χ2v) is 4.24. The molecular formula is C7H8Br2O4. The maximum Gasteiger partial charge on any atom is 0.324 e. The highest BCUT2D eigenvalue weighted by atomic mass is 79.9. The molecule has 1 aliphatic rings. The maximum absolute atomic E-state index is 11.1. The van der Waals surface area contributed by atoms with Gasteiger partial charge in [0.05, 0.1) is 0 Å². The lowest BCUT2D eigenvalue weighted by Crippen LogP contribution is -2.33. The molecule has 13 heavy (non-hydrogen) atoms. The Labute approximate surface area is 92.2 Å². The topological polar surface area (TPSA) is 52.6 Å². The van der Waals surface area contributed by atoms with Gasteiger partial charge in [-0.25, -0.2) is 0 Å². The number of hydrogen-bond acceptors (Lipinski definition) is 4. The molecule has 0 N–H and O–H groups in total. The minimum Gasteiger partial charge on any atom is -0.457 e. The van der Waals surface area contributed by atoms with Crippen LogP contribution in [-0.4, -0.2) is 34.3 Å². The first-order chi connectivity index (χ1) is 6.06. The molecule has 0 aromatic heterocycles. The minimum absolute atomic E-state index is 0.393. The van der Waals surface area contributed by atoms with E-state index >= 15 is 0 Å². The average molecular weight is 316 g/mol. The zero-order chi connectivity index (χ0) is 10.0. The van der Waals surface area contributed by atoms with Crippen molar-refractivity contribution in [1.82, 2.24) is 0 Å². The molecule has 6 heteroatoms. The van der Waals surface area contributed by atoms with Gasteiger partial charge in [-0.05, 0) is 0 Å². The lowest BCUT2D eigenvalue weighted by molar-refractivity contribution is -0.149. The molecule has 1 saturated heterocycles. The summed E-state index contributed by atoms with van der Waals surface area (Å²) in [6, 6.07) is 0. The Morgan fingerprint density at radius 2 is 2.31 bits per heavy atom. The summed E-state index contributed by atoms with van der Waals surface area (Å²) < 4.78 is 9.86. The van der Waals surface area contributed by atoms with E-state index in [9.17, 15) is 9.59 Å². The van der Waals surface area contributed by atoms with E-state index in [0.717, 1.165) is 0 Å². The van der Waals surface area contributed by atoms with Crippen LogP contribution in [0.3, 0.4) is 0 Å². The summed E-state index contributed by atoms with van der Waals surface area (Å²) in [6.07, 6.45) is -0.940. The first kappa shape index (κ1) is 11.0. The van der Waals surface area contributed by atoms with Crippen LogP contribution in [-0.2, 0) is 19.1 Å². The highest BCUT2D eigenvalue weighted by Gasteiger charge is 2.44. The SMILES string of the molecule is CC(=O)OC1C(CBr)OC(=O)C1Br. The van der Waals surface area contributed by atoms with Crippen LogP contribution in [0.1, 0.15) is 6.92 Å². The predicted molar refractivity (Wildman–Crippen MR) is 51.9 cm³/mol. The monoisotopic (exact) mass is 314 g/mol. The van der Waals surface area contributed by atoms with Gasteiger partial charge < -0.3 is 9.47 Å². The van der Waals surface area contributed by atoms with Crippen LogP contribution in [0.5, 0.6) is 0 Å². The first-order valence-corrected chi connectivity index (χ1v) is 5.67. The Hall–Kier alpha value is -0.100. The molecular weight excluding hydrogens is 308 g/mol. The molecule has 1 heterocycles. The molecule has 0 aromatic carbocycles. The second-order valence-electron chi connectivity index (χ2n) is 2.61. The highest BCUT2D eigenvalue weighted by Crippen LogP contribution is 2.26. The summed E-state index contributed by atoms with van der Waals surface area (Å²) in [5.41, 5.74) is 0. The fourth-order valence-electron chi connectivity index (χ4n) is 1.05. The molecule has 0 saturated carbocycles. The number of carbonyl (C=O) groups is 2. The molecule has 0 amide bonds. The molecule has 0 aromatic rings. The third kappa shape index (κ3) is 2.43. The Morgan fingerprint density at radius 1 is 1.69 bits per heavy atom. The molecule has 1 aliphatic heterocycles. The van der Waals surface area contributed by atoms with Crippen LogP contribution in [0, 0.1) is 0 Å². The normalized spacial score (nSPS) is 32.8. The van der Waals surface area contributed by atoms with Crippen molar-refractivity contribution < 1.29 is 19.1 Å². The zero-order valence-electron chi connectivity index (χ0n) is 6.83. The van der Waals surface area contributed by atoms with E-state index in [4.69, 9.17) is 9.47 Å². The van der Waals surface area contributed by atoms with Crippen LogP contribution in [0.4, 0.5) is 0 Å². The number of hydrogen-bond donors (Lipinski definition) is 0. The van der Waals surface area contributed by atoms with Gasteiger partial charge in [0.15, 0.2) is 10.9 Å². The Bertz CT molecular complexity index is 231. The summed E-state index contributed by atoms with van der Waals surface area (Å²) in [5, 5.41) is 0.457. The lowest BCUT2D eigenvalue weighted by Gasteiger charge is -2.15. The van der Waals surface area contributed by atoms with Crippen LogP contribution in [0.25, 0.3) is 0 Å². The van der Waals surface area contributed by atoms with Crippen molar-refractivity contribution in [3.8, 4) is 0 Å². The van der Waals surface area contributed by atoms with Gasteiger partial charge in [-0.3, -0.25) is 9.59 Å². The van der Waals surface area contributed by atoms with E-state index in [1.165, 1.54) is 6.92 Å². The summed E-state index contributed by atoms with van der Waals surface area (Å²) in [4.78, 5) is 21.2. The van der Waals surface area contributed by atoms with Crippen molar-refractivity contribution in [2.75, 3.05) is 5.33 Å². The molecule has 74 valence electrons. The predicted octanol–water partition coefficient (Wildman–Crippen LogP) is 1.00. The van der Waals surface area contributed by atoms with Crippen molar-refractivity contribution in [2.45, 2.75) is 24.0 Å². The van der Waals surface area contributed by atoms with Crippen molar-refractivity contribution in [2.24, 2.45) is 0 Å². The van der Waals surface area contributed by atoms with Crippen molar-refractivity contribution in [3.63, 3.8) is 0 Å². The number of cyclic esters (lactones) is 1. The van der Waals surface area contributed by atoms with E-state index in [1.807, 2.05) is 0 Å². The van der Waals surface area contributed by atoms with Crippen LogP contribution < -0.4 is 0 Å². The Kier molecular flexibility index (Phi) is 3.73. The summed E-state index contributed by atoms with van der Waals surface area (Å²) in [6.45, 7) is 1.30. The van der Waals surface area contributed by atoms with Crippen LogP contribution in [0.2, 0.25) is 0 Å². The smallest absolute Gasteiger partial charge is 0.324 e.